The number of thioether (sulfide) groups is 1. The fourth-order valence-electron chi connectivity index (χ4n) is 1.11. The molecule has 0 aliphatic rings. The van der Waals surface area contributed by atoms with Crippen LogP contribution in [0, 0.1) is 0 Å². The van der Waals surface area contributed by atoms with Crippen molar-refractivity contribution in [3.63, 3.8) is 0 Å². The van der Waals surface area contributed by atoms with E-state index in [0.29, 0.717) is 16.5 Å². The number of hydrogen-bond donors (Lipinski definition) is 2. The summed E-state index contributed by atoms with van der Waals surface area (Å²) < 4.78 is 1.21. The standard InChI is InChI=1S/C8H8N6O2S/c9-14-7(5-1-10-4-11-2-5)12-13-8(14)17-3-6(15)16/h1-2,4H,3,9H2,(H,15,16). The Hall–Kier alpha value is -2.16. The van der Waals surface area contributed by atoms with Crippen molar-refractivity contribution in [2.45, 2.75) is 5.16 Å². The molecule has 0 saturated carbocycles. The van der Waals surface area contributed by atoms with Gasteiger partial charge in [0.15, 0.2) is 5.82 Å². The van der Waals surface area contributed by atoms with E-state index in [1.807, 2.05) is 0 Å². The van der Waals surface area contributed by atoms with Gasteiger partial charge in [-0.2, -0.15) is 0 Å². The largest absolute Gasteiger partial charge is 0.481 e. The van der Waals surface area contributed by atoms with Crippen LogP contribution >= 0.6 is 11.8 Å². The number of carboxylic acid groups (broad SMARTS) is 1. The zero-order valence-corrected chi connectivity index (χ0v) is 9.33. The number of nitrogens with zero attached hydrogens (tertiary/aromatic N) is 5. The molecule has 2 rings (SSSR count). The molecule has 0 aliphatic heterocycles. The van der Waals surface area contributed by atoms with E-state index in [9.17, 15) is 4.79 Å². The minimum atomic E-state index is -0.942. The molecule has 17 heavy (non-hydrogen) atoms. The summed E-state index contributed by atoms with van der Waals surface area (Å²) in [5.74, 6) is 5.06. The van der Waals surface area contributed by atoms with E-state index in [2.05, 4.69) is 20.2 Å². The van der Waals surface area contributed by atoms with Crippen molar-refractivity contribution < 1.29 is 9.90 Å². The molecule has 0 atom stereocenters. The van der Waals surface area contributed by atoms with Crippen molar-refractivity contribution in [2.24, 2.45) is 0 Å². The molecule has 9 heteroatoms. The summed E-state index contributed by atoms with van der Waals surface area (Å²) in [4.78, 5) is 18.1. The molecule has 88 valence electrons. The number of aliphatic carboxylic acids is 1. The van der Waals surface area contributed by atoms with Crippen molar-refractivity contribution in [3.8, 4) is 11.4 Å². The summed E-state index contributed by atoms with van der Waals surface area (Å²) in [5, 5.41) is 16.5. The number of aromatic nitrogens is 5. The lowest BCUT2D eigenvalue weighted by molar-refractivity contribution is -0.133. The highest BCUT2D eigenvalue weighted by atomic mass is 32.2. The Morgan fingerprint density at radius 1 is 1.41 bits per heavy atom. The first-order valence-corrected chi connectivity index (χ1v) is 5.47. The summed E-state index contributed by atoms with van der Waals surface area (Å²) in [5.41, 5.74) is 0.615. The van der Waals surface area contributed by atoms with Gasteiger partial charge in [-0.25, -0.2) is 14.6 Å². The molecule has 0 aliphatic carbocycles. The maximum Gasteiger partial charge on any atom is 0.313 e. The van der Waals surface area contributed by atoms with E-state index in [1.165, 1.54) is 11.0 Å². The first kappa shape index (κ1) is 11.3. The molecule has 0 fully saturated rings. The normalized spacial score (nSPS) is 10.4. The van der Waals surface area contributed by atoms with Crippen LogP contribution in [0.4, 0.5) is 0 Å². The van der Waals surface area contributed by atoms with Crippen LogP contribution in [0.15, 0.2) is 23.9 Å². The van der Waals surface area contributed by atoms with Gasteiger partial charge in [0.05, 0.1) is 11.3 Å². The van der Waals surface area contributed by atoms with Crippen molar-refractivity contribution in [2.75, 3.05) is 11.6 Å². The maximum atomic E-state index is 10.4. The molecule has 0 amide bonds. The Morgan fingerprint density at radius 3 is 2.76 bits per heavy atom. The summed E-state index contributed by atoms with van der Waals surface area (Å²) >= 11 is 0.995. The zero-order valence-electron chi connectivity index (χ0n) is 8.52. The van der Waals surface area contributed by atoms with Crippen LogP contribution < -0.4 is 5.84 Å². The maximum absolute atomic E-state index is 10.4. The first-order chi connectivity index (χ1) is 8.18. The van der Waals surface area contributed by atoms with Gasteiger partial charge in [0.1, 0.15) is 6.33 Å². The van der Waals surface area contributed by atoms with Gasteiger partial charge < -0.3 is 10.9 Å². The van der Waals surface area contributed by atoms with Crippen LogP contribution in [0.2, 0.25) is 0 Å². The Bertz CT molecular complexity index is 528. The molecule has 2 aromatic rings. The fourth-order valence-corrected chi connectivity index (χ4v) is 1.69. The highest BCUT2D eigenvalue weighted by molar-refractivity contribution is 7.99. The molecule has 0 aromatic carbocycles. The van der Waals surface area contributed by atoms with E-state index < -0.39 is 5.97 Å². The van der Waals surface area contributed by atoms with Gasteiger partial charge >= 0.3 is 5.97 Å². The van der Waals surface area contributed by atoms with Gasteiger partial charge in [0.2, 0.25) is 5.16 Å². The molecule has 2 heterocycles. The summed E-state index contributed by atoms with van der Waals surface area (Å²) in [6.07, 6.45) is 4.48. The minimum Gasteiger partial charge on any atom is -0.481 e. The van der Waals surface area contributed by atoms with Crippen LogP contribution in [-0.4, -0.2) is 41.7 Å². The van der Waals surface area contributed by atoms with Gasteiger partial charge in [-0.1, -0.05) is 11.8 Å². The molecular weight excluding hydrogens is 244 g/mol. The number of hydrogen-bond acceptors (Lipinski definition) is 7. The molecular formula is C8H8N6O2S. The van der Waals surface area contributed by atoms with E-state index >= 15 is 0 Å². The molecule has 2 aromatic heterocycles. The number of nitrogen functional groups attached to an aromatic ring is 1. The monoisotopic (exact) mass is 252 g/mol. The van der Waals surface area contributed by atoms with E-state index in [-0.39, 0.29) is 5.75 Å². The third-order valence-electron chi connectivity index (χ3n) is 1.81. The lowest BCUT2D eigenvalue weighted by atomic mass is 10.3. The van der Waals surface area contributed by atoms with Crippen LogP contribution in [-0.2, 0) is 4.79 Å². The number of carboxylic acids is 1. The molecule has 0 radical (unpaired) electrons. The minimum absolute atomic E-state index is 0.124. The van der Waals surface area contributed by atoms with Crippen LogP contribution in [0.25, 0.3) is 11.4 Å². The molecule has 3 N–H and O–H groups in total. The van der Waals surface area contributed by atoms with Gasteiger partial charge in [0, 0.05) is 12.4 Å². The Balaban J connectivity index is 2.24. The lowest BCUT2D eigenvalue weighted by Crippen LogP contribution is -2.12. The lowest BCUT2D eigenvalue weighted by Gasteiger charge is -2.01. The Labute approximate surface area is 99.9 Å². The number of carbonyl (C=O) groups is 1. The number of nitrogens with two attached hydrogens (primary N) is 1. The van der Waals surface area contributed by atoms with Gasteiger partial charge in [0.25, 0.3) is 0 Å². The predicted octanol–water partition coefficient (Wildman–Crippen LogP) is -0.374. The molecule has 8 nitrogen and oxygen atoms in total. The van der Waals surface area contributed by atoms with Crippen molar-refractivity contribution in [1.29, 1.82) is 0 Å². The number of rotatable bonds is 4. The summed E-state index contributed by atoms with van der Waals surface area (Å²) in [6.45, 7) is 0. The second-order valence-electron chi connectivity index (χ2n) is 2.99. The summed E-state index contributed by atoms with van der Waals surface area (Å²) in [7, 11) is 0. The van der Waals surface area contributed by atoms with Gasteiger partial charge in [-0.05, 0) is 0 Å². The second kappa shape index (κ2) is 4.78. The van der Waals surface area contributed by atoms with Crippen molar-refractivity contribution in [1.82, 2.24) is 24.8 Å². The van der Waals surface area contributed by atoms with E-state index in [1.54, 1.807) is 12.4 Å². The smallest absolute Gasteiger partial charge is 0.313 e. The summed E-state index contributed by atoms with van der Waals surface area (Å²) in [6, 6.07) is 0. The molecule has 0 spiro atoms. The third kappa shape index (κ3) is 2.50. The molecule has 0 saturated heterocycles. The predicted molar refractivity (Wildman–Crippen MR) is 59.6 cm³/mol. The average molecular weight is 252 g/mol. The van der Waals surface area contributed by atoms with Crippen LogP contribution in [0.1, 0.15) is 0 Å². The van der Waals surface area contributed by atoms with Crippen LogP contribution in [0.3, 0.4) is 0 Å². The highest BCUT2D eigenvalue weighted by Crippen LogP contribution is 2.19. The SMILES string of the molecule is Nn1c(SCC(=O)O)nnc1-c1cncnc1. The zero-order chi connectivity index (χ0) is 12.3. The molecule has 0 unspecified atom stereocenters. The van der Waals surface area contributed by atoms with Crippen molar-refractivity contribution in [3.05, 3.63) is 18.7 Å². The fraction of sp³-hybridized carbons (Fsp3) is 0.125. The first-order valence-electron chi connectivity index (χ1n) is 4.49. The highest BCUT2D eigenvalue weighted by Gasteiger charge is 2.13. The Morgan fingerprint density at radius 2 is 2.12 bits per heavy atom. The van der Waals surface area contributed by atoms with Gasteiger partial charge in [-0.3, -0.25) is 4.79 Å². The Kier molecular flexibility index (Phi) is 3.19. The van der Waals surface area contributed by atoms with Crippen LogP contribution in [0.5, 0.6) is 0 Å². The van der Waals surface area contributed by atoms with E-state index in [4.69, 9.17) is 10.9 Å². The molecule has 0 bridgehead atoms. The van der Waals surface area contributed by atoms with Gasteiger partial charge in [-0.15, -0.1) is 10.2 Å². The van der Waals surface area contributed by atoms with E-state index in [0.717, 1.165) is 11.8 Å². The quantitative estimate of drug-likeness (QED) is 0.558. The van der Waals surface area contributed by atoms with Crippen molar-refractivity contribution >= 4 is 17.7 Å². The topological polar surface area (TPSA) is 120 Å². The second-order valence-corrected chi connectivity index (χ2v) is 3.93. The average Bonchev–Trinajstić information content (AvgIpc) is 2.69. The third-order valence-corrected chi connectivity index (χ3v) is 2.74.